The van der Waals surface area contributed by atoms with Crippen molar-refractivity contribution in [3.8, 4) is 5.75 Å². The first-order chi connectivity index (χ1) is 10.1. The van der Waals surface area contributed by atoms with E-state index >= 15 is 0 Å². The van der Waals surface area contributed by atoms with Crippen molar-refractivity contribution in [3.05, 3.63) is 69.8 Å². The fourth-order valence-electron chi connectivity index (χ4n) is 2.08. The quantitative estimate of drug-likeness (QED) is 0.498. The molecule has 0 radical (unpaired) electrons. The maximum atomic E-state index is 10.7. The zero-order chi connectivity index (χ0) is 15.2. The normalized spacial score (nSPS) is 11.9. The minimum atomic E-state index is -0.405. The number of hydrogen-bond donors (Lipinski definition) is 1. The van der Waals surface area contributed by atoms with Crippen molar-refractivity contribution in [1.82, 2.24) is 0 Å². The average Bonchev–Trinajstić information content (AvgIpc) is 2.50. The van der Waals surface area contributed by atoms with Crippen molar-refractivity contribution in [1.29, 1.82) is 0 Å². The van der Waals surface area contributed by atoms with Crippen LogP contribution in [0.1, 0.15) is 17.0 Å². The standard InChI is InChI=1S/C16H17NO3S/c1-12-9-15(17(18)19)7-8-16(12)20-10-14(11-21)13-5-3-2-4-6-13/h2-9,14,21H,10-11H2,1H3. The molecule has 0 saturated heterocycles. The third-order valence-electron chi connectivity index (χ3n) is 3.30. The number of nitrogens with zero attached hydrogens (tertiary/aromatic N) is 1. The monoisotopic (exact) mass is 303 g/mol. The van der Waals surface area contributed by atoms with E-state index in [9.17, 15) is 10.1 Å². The minimum Gasteiger partial charge on any atom is -0.493 e. The Hall–Kier alpha value is -2.01. The van der Waals surface area contributed by atoms with Gasteiger partial charge in [-0.2, -0.15) is 12.6 Å². The highest BCUT2D eigenvalue weighted by atomic mass is 32.1. The molecule has 0 aromatic heterocycles. The molecule has 0 bridgehead atoms. The van der Waals surface area contributed by atoms with Crippen LogP contribution in [0.5, 0.6) is 5.75 Å². The average molecular weight is 303 g/mol. The number of nitro groups is 1. The van der Waals surface area contributed by atoms with Gasteiger partial charge in [-0.25, -0.2) is 0 Å². The van der Waals surface area contributed by atoms with Gasteiger partial charge in [0, 0.05) is 23.8 Å². The van der Waals surface area contributed by atoms with Crippen LogP contribution >= 0.6 is 12.6 Å². The number of thiol groups is 1. The van der Waals surface area contributed by atoms with Crippen molar-refractivity contribution >= 4 is 18.3 Å². The van der Waals surface area contributed by atoms with Crippen LogP contribution in [0.15, 0.2) is 48.5 Å². The Morgan fingerprint density at radius 2 is 1.95 bits per heavy atom. The van der Waals surface area contributed by atoms with E-state index in [2.05, 4.69) is 12.6 Å². The molecule has 0 fully saturated rings. The van der Waals surface area contributed by atoms with Gasteiger partial charge >= 0.3 is 0 Å². The van der Waals surface area contributed by atoms with Crippen LogP contribution in [-0.2, 0) is 0 Å². The molecule has 5 heteroatoms. The highest BCUT2D eigenvalue weighted by Crippen LogP contribution is 2.25. The number of ether oxygens (including phenoxy) is 1. The molecule has 21 heavy (non-hydrogen) atoms. The van der Waals surface area contributed by atoms with Gasteiger partial charge in [-0.3, -0.25) is 10.1 Å². The van der Waals surface area contributed by atoms with Crippen LogP contribution in [0.4, 0.5) is 5.69 Å². The van der Waals surface area contributed by atoms with Gasteiger partial charge in [-0.05, 0) is 24.1 Å². The second kappa shape index (κ2) is 7.13. The summed E-state index contributed by atoms with van der Waals surface area (Å²) in [4.78, 5) is 10.3. The number of nitro benzene ring substituents is 1. The number of non-ortho nitro benzene ring substituents is 1. The van der Waals surface area contributed by atoms with Crippen LogP contribution in [0.3, 0.4) is 0 Å². The highest BCUT2D eigenvalue weighted by molar-refractivity contribution is 7.80. The SMILES string of the molecule is Cc1cc([N+](=O)[O-])ccc1OCC(CS)c1ccccc1. The van der Waals surface area contributed by atoms with E-state index in [4.69, 9.17) is 4.74 Å². The second-order valence-corrected chi connectivity index (χ2v) is 5.17. The molecule has 0 N–H and O–H groups in total. The molecule has 0 saturated carbocycles. The maximum absolute atomic E-state index is 10.7. The number of rotatable bonds is 6. The third kappa shape index (κ3) is 3.98. The van der Waals surface area contributed by atoms with Crippen LogP contribution in [0.25, 0.3) is 0 Å². The molecule has 110 valence electrons. The van der Waals surface area contributed by atoms with Crippen LogP contribution in [0.2, 0.25) is 0 Å². The van der Waals surface area contributed by atoms with Crippen molar-refractivity contribution < 1.29 is 9.66 Å². The summed E-state index contributed by atoms with van der Waals surface area (Å²) in [5.74, 6) is 1.53. The van der Waals surface area contributed by atoms with Crippen molar-refractivity contribution in [2.45, 2.75) is 12.8 Å². The van der Waals surface area contributed by atoms with Gasteiger partial charge in [0.05, 0.1) is 11.5 Å². The smallest absolute Gasteiger partial charge is 0.269 e. The third-order valence-corrected chi connectivity index (χ3v) is 3.74. The number of aryl methyl sites for hydroxylation is 1. The molecule has 0 aliphatic carbocycles. The Morgan fingerprint density at radius 1 is 1.24 bits per heavy atom. The summed E-state index contributed by atoms with van der Waals surface area (Å²) in [6.07, 6.45) is 0. The minimum absolute atomic E-state index is 0.0775. The first kappa shape index (κ1) is 15.4. The molecule has 2 aromatic rings. The summed E-state index contributed by atoms with van der Waals surface area (Å²) >= 11 is 4.37. The Morgan fingerprint density at radius 3 is 2.52 bits per heavy atom. The summed E-state index contributed by atoms with van der Waals surface area (Å²) in [5, 5.41) is 10.7. The Kier molecular flexibility index (Phi) is 5.22. The fourth-order valence-corrected chi connectivity index (χ4v) is 2.40. The molecule has 1 atom stereocenters. The molecule has 0 spiro atoms. The summed E-state index contributed by atoms with van der Waals surface area (Å²) in [5.41, 5.74) is 2.01. The lowest BCUT2D eigenvalue weighted by Gasteiger charge is -2.17. The largest absolute Gasteiger partial charge is 0.493 e. The Labute approximate surface area is 129 Å². The highest BCUT2D eigenvalue weighted by Gasteiger charge is 2.13. The molecular formula is C16H17NO3S. The summed E-state index contributed by atoms with van der Waals surface area (Å²) in [6, 6.07) is 14.7. The van der Waals surface area contributed by atoms with E-state index in [0.717, 1.165) is 5.56 Å². The topological polar surface area (TPSA) is 52.4 Å². The lowest BCUT2D eigenvalue weighted by atomic mass is 10.0. The lowest BCUT2D eigenvalue weighted by Crippen LogP contribution is -2.12. The lowest BCUT2D eigenvalue weighted by molar-refractivity contribution is -0.384. The predicted molar refractivity (Wildman–Crippen MR) is 86.4 cm³/mol. The van der Waals surface area contributed by atoms with E-state index in [1.165, 1.54) is 17.7 Å². The maximum Gasteiger partial charge on any atom is 0.269 e. The second-order valence-electron chi connectivity index (χ2n) is 4.81. The molecule has 4 nitrogen and oxygen atoms in total. The number of hydrogen-bond acceptors (Lipinski definition) is 4. The van der Waals surface area contributed by atoms with Crippen LogP contribution in [0, 0.1) is 17.0 Å². The molecule has 0 aliphatic heterocycles. The van der Waals surface area contributed by atoms with E-state index in [1.807, 2.05) is 30.3 Å². The van der Waals surface area contributed by atoms with Gasteiger partial charge in [0.25, 0.3) is 5.69 Å². The first-order valence-corrected chi connectivity index (χ1v) is 7.28. The molecule has 2 aromatic carbocycles. The van der Waals surface area contributed by atoms with E-state index in [0.29, 0.717) is 18.1 Å². The molecule has 0 heterocycles. The van der Waals surface area contributed by atoms with Crippen molar-refractivity contribution in [2.24, 2.45) is 0 Å². The van der Waals surface area contributed by atoms with Crippen LogP contribution < -0.4 is 4.74 Å². The van der Waals surface area contributed by atoms with Gasteiger partial charge in [0.15, 0.2) is 0 Å². The number of benzene rings is 2. The Bertz CT molecular complexity index is 616. The molecular weight excluding hydrogens is 286 g/mol. The molecule has 0 amide bonds. The zero-order valence-corrected chi connectivity index (χ0v) is 12.6. The van der Waals surface area contributed by atoms with Crippen molar-refractivity contribution in [3.63, 3.8) is 0 Å². The first-order valence-electron chi connectivity index (χ1n) is 6.65. The Balaban J connectivity index is 2.07. The van der Waals surface area contributed by atoms with Crippen molar-refractivity contribution in [2.75, 3.05) is 12.4 Å². The molecule has 1 unspecified atom stereocenters. The molecule has 0 aliphatic rings. The van der Waals surface area contributed by atoms with Gasteiger partial charge in [-0.1, -0.05) is 30.3 Å². The summed E-state index contributed by atoms with van der Waals surface area (Å²) in [6.45, 7) is 2.30. The van der Waals surface area contributed by atoms with E-state index in [-0.39, 0.29) is 11.6 Å². The van der Waals surface area contributed by atoms with Gasteiger partial charge in [-0.15, -0.1) is 0 Å². The van der Waals surface area contributed by atoms with E-state index < -0.39 is 4.92 Å². The predicted octanol–water partition coefficient (Wildman–Crippen LogP) is 4.00. The molecule has 2 rings (SSSR count). The fraction of sp³-hybridized carbons (Fsp3) is 0.250. The van der Waals surface area contributed by atoms with Gasteiger partial charge < -0.3 is 4.74 Å². The van der Waals surface area contributed by atoms with Crippen LogP contribution in [-0.4, -0.2) is 17.3 Å². The summed E-state index contributed by atoms with van der Waals surface area (Å²) < 4.78 is 5.81. The van der Waals surface area contributed by atoms with Gasteiger partial charge in [0.1, 0.15) is 5.75 Å². The zero-order valence-electron chi connectivity index (χ0n) is 11.7. The van der Waals surface area contributed by atoms with E-state index in [1.54, 1.807) is 13.0 Å². The summed E-state index contributed by atoms with van der Waals surface area (Å²) in [7, 11) is 0. The van der Waals surface area contributed by atoms with Gasteiger partial charge in [0.2, 0.25) is 0 Å².